The van der Waals surface area contributed by atoms with Crippen LogP contribution in [0.2, 0.25) is 0 Å². The molecule has 0 aliphatic rings. The Labute approximate surface area is 389 Å². The van der Waals surface area contributed by atoms with Crippen molar-refractivity contribution >= 4 is 32.6 Å². The summed E-state index contributed by atoms with van der Waals surface area (Å²) < 4.78 is 23.2. The normalized spacial score (nSPS) is 11.6. The lowest BCUT2D eigenvalue weighted by molar-refractivity contribution is -0.474. The molecular weight excluding hydrogens is 832 g/mol. The second kappa shape index (κ2) is 59.4. The topological polar surface area (TPSA) is 132 Å². The van der Waals surface area contributed by atoms with E-state index in [1.807, 2.05) is 0 Å². The molecule has 14 heteroatoms. The van der Waals surface area contributed by atoms with E-state index in [0.29, 0.717) is 13.1 Å². The average molecular weight is 934 g/mol. The third kappa shape index (κ3) is 68.6. The number of hydroxylamine groups is 2. The zero-order valence-corrected chi connectivity index (χ0v) is 43.9. The number of allylic oxidation sites excluding steroid dienone is 1. The number of hydrogen-bond acceptors (Lipinski definition) is 12. The van der Waals surface area contributed by atoms with Crippen molar-refractivity contribution in [1.82, 2.24) is 15.0 Å². The van der Waals surface area contributed by atoms with E-state index in [4.69, 9.17) is 10.4 Å². The van der Waals surface area contributed by atoms with Gasteiger partial charge in [0.25, 0.3) is 0 Å². The summed E-state index contributed by atoms with van der Waals surface area (Å²) in [5.74, 6) is 0. The average Bonchev–Trinajstić information content (AvgIpc) is 3.25. The van der Waals surface area contributed by atoms with Crippen LogP contribution in [-0.4, -0.2) is 99.0 Å². The van der Waals surface area contributed by atoms with E-state index in [1.165, 1.54) is 128 Å². The molecule has 61 heavy (non-hydrogen) atoms. The first-order valence-electron chi connectivity index (χ1n) is 24.3. The van der Waals surface area contributed by atoms with Crippen LogP contribution in [0.1, 0.15) is 216 Å². The van der Waals surface area contributed by atoms with Crippen LogP contribution in [0.4, 0.5) is 0 Å². The van der Waals surface area contributed by atoms with E-state index in [9.17, 15) is 13.3 Å². The highest BCUT2D eigenvalue weighted by Crippen LogP contribution is 2.12. The number of aliphatic hydroxyl groups is 1. The number of hydrogen-bond donors (Lipinski definition) is 3. The van der Waals surface area contributed by atoms with Gasteiger partial charge in [0.15, 0.2) is 0 Å². The Morgan fingerprint density at radius 1 is 0.607 bits per heavy atom. The maximum atomic E-state index is 9.76. The first kappa shape index (κ1) is 69.4. The van der Waals surface area contributed by atoms with E-state index in [-0.39, 0.29) is 6.61 Å². The lowest BCUT2D eigenvalue weighted by Gasteiger charge is -2.16. The van der Waals surface area contributed by atoms with Crippen molar-refractivity contribution in [2.24, 2.45) is 5.18 Å². The fourth-order valence-corrected chi connectivity index (χ4v) is 6.21. The molecule has 11 nitrogen and oxygen atoms in total. The largest absolute Gasteiger partial charge is 0.392 e. The van der Waals surface area contributed by atoms with Crippen molar-refractivity contribution in [2.75, 3.05) is 65.2 Å². The van der Waals surface area contributed by atoms with Crippen molar-refractivity contribution in [2.45, 2.75) is 216 Å². The molecule has 0 spiro atoms. The summed E-state index contributed by atoms with van der Waals surface area (Å²) >= 11 is 3.54. The Morgan fingerprint density at radius 3 is 1.25 bits per heavy atom. The highest BCUT2D eigenvalue weighted by atomic mass is 35.7. The van der Waals surface area contributed by atoms with Crippen molar-refractivity contribution in [3.8, 4) is 0 Å². The second-order valence-electron chi connectivity index (χ2n) is 15.5. The number of thiol groups is 1. The molecule has 0 rings (SSSR count). The minimum absolute atomic E-state index is 0.217. The van der Waals surface area contributed by atoms with Gasteiger partial charge in [-0.2, -0.15) is 4.91 Å². The molecular formula is C47H101ClN4O7S2. The van der Waals surface area contributed by atoms with Gasteiger partial charge in [0.05, 0.1) is 26.0 Å². The lowest BCUT2D eigenvalue weighted by atomic mass is 10.1. The van der Waals surface area contributed by atoms with Gasteiger partial charge in [-0.15, -0.1) is 4.99 Å². The molecule has 0 aromatic carbocycles. The van der Waals surface area contributed by atoms with Gasteiger partial charge in [-0.05, 0) is 69.1 Å². The number of likely N-dealkylation sites (N-methyl/N-ethyl adjacent to an activating group) is 2. The van der Waals surface area contributed by atoms with Crippen LogP contribution in [0, 0.1) is 4.91 Å². The van der Waals surface area contributed by atoms with Gasteiger partial charge in [0.1, 0.15) is 0 Å². The van der Waals surface area contributed by atoms with E-state index in [2.05, 4.69) is 122 Å². The van der Waals surface area contributed by atoms with Crippen LogP contribution >= 0.6 is 23.6 Å². The number of rotatable bonds is 37. The maximum Gasteiger partial charge on any atom is 0.229 e. The number of nitrogens with zero attached hydrogens (tertiary/aromatic N) is 4. The summed E-state index contributed by atoms with van der Waals surface area (Å²) in [6.07, 6.45) is 35.8. The van der Waals surface area contributed by atoms with Crippen molar-refractivity contribution in [3.05, 3.63) is 28.2 Å². The third-order valence-corrected chi connectivity index (χ3v) is 10.3. The van der Waals surface area contributed by atoms with Gasteiger partial charge in [-0.25, -0.2) is 18.0 Å². The molecule has 370 valence electrons. The fraction of sp³-hybridized carbons (Fsp3) is 0.915. The van der Waals surface area contributed by atoms with Crippen LogP contribution < -0.4 is 0 Å². The molecule has 0 bridgehead atoms. The summed E-state index contributed by atoms with van der Waals surface area (Å²) in [6, 6.07) is 0. The zero-order valence-electron chi connectivity index (χ0n) is 41.4. The Kier molecular flexibility index (Phi) is 67.6. The summed E-state index contributed by atoms with van der Waals surface area (Å²) in [5.41, 5.74) is 2.80. The molecule has 0 saturated heterocycles. The maximum absolute atomic E-state index is 9.76. The summed E-state index contributed by atoms with van der Waals surface area (Å²) in [5, 5.41) is 21.1. The zero-order chi connectivity index (χ0) is 47.3. The molecule has 0 aromatic heterocycles. The van der Waals surface area contributed by atoms with Crippen LogP contribution in [0.15, 0.2) is 28.5 Å². The standard InChI is InChI=1S/C12H27NO3S.C12H25N.2C11H23NO.CH3ClO2S/c1-2-3-4-5-6-7-8-9-10-11-12-13(15-14)16-17;1-5-9-12(6-2)10-11-13(7-3)8-4;1-4-7-11(10-13)8-9-12(5-2)6-3;1-2-3-4-5-6-7-8-9-10-11-12-13;1-5(2,3)4/h14,17H,2-12H2,1H3;10H,5-9,11H2,1-4H3;8,13H,4-7,9-10H2,1-3H3;2-11H2,1H3;1H3/b;12-10-;11-8+;;. The molecule has 0 aliphatic heterocycles. The SMILES string of the molecule is CCC/C(=C\CN(CC)CC)CC.CCC/C(=C\CN(CC)CC)CO.CCCCCCCCCCCCN(OO)OS.CCCCCCCCCCCN=O.CS(=O)(=O)Cl. The Balaban J connectivity index is -0.000000221. The molecule has 0 radical (unpaired) electrons. The lowest BCUT2D eigenvalue weighted by Crippen LogP contribution is -2.23. The Morgan fingerprint density at radius 2 is 0.951 bits per heavy atom. The third-order valence-electron chi connectivity index (χ3n) is 10.1. The smallest absolute Gasteiger partial charge is 0.229 e. The molecule has 0 saturated carbocycles. The second-order valence-corrected chi connectivity index (χ2v) is 18.7. The molecule has 0 atom stereocenters. The summed E-state index contributed by atoms with van der Waals surface area (Å²) in [4.78, 5) is 18.5. The molecule has 0 amide bonds. The van der Waals surface area contributed by atoms with Gasteiger partial charge in [-0.1, -0.05) is 207 Å². The summed E-state index contributed by atoms with van der Waals surface area (Å²) in [6.45, 7) is 27.8. The highest BCUT2D eigenvalue weighted by Gasteiger charge is 2.03. The van der Waals surface area contributed by atoms with Gasteiger partial charge in [-0.3, -0.25) is 0 Å². The molecule has 2 N–H and O–H groups in total. The van der Waals surface area contributed by atoms with Crippen molar-refractivity contribution < 1.29 is 28.1 Å². The Bertz CT molecular complexity index is 958. The first-order valence-corrected chi connectivity index (χ1v) is 27.4. The van der Waals surface area contributed by atoms with Gasteiger partial charge in [0, 0.05) is 36.7 Å². The molecule has 0 fully saturated rings. The molecule has 0 unspecified atom stereocenters. The minimum atomic E-state index is -3.19. The van der Waals surface area contributed by atoms with E-state index in [0.717, 1.165) is 82.9 Å². The first-order chi connectivity index (χ1) is 29.3. The predicted molar refractivity (Wildman–Crippen MR) is 270 cm³/mol. The van der Waals surface area contributed by atoms with E-state index in [1.54, 1.807) is 5.57 Å². The molecule has 0 aromatic rings. The summed E-state index contributed by atoms with van der Waals surface area (Å²) in [7, 11) is 1.31. The molecule has 0 aliphatic carbocycles. The fourth-order valence-electron chi connectivity index (χ4n) is 6.10. The number of halogens is 1. The minimum Gasteiger partial charge on any atom is -0.392 e. The van der Waals surface area contributed by atoms with Crippen LogP contribution in [0.5, 0.6) is 0 Å². The monoisotopic (exact) mass is 933 g/mol. The van der Waals surface area contributed by atoms with Crippen LogP contribution in [0.25, 0.3) is 0 Å². The predicted octanol–water partition coefficient (Wildman–Crippen LogP) is 14.4. The van der Waals surface area contributed by atoms with E-state index < -0.39 is 9.05 Å². The molecule has 0 heterocycles. The van der Waals surface area contributed by atoms with E-state index >= 15 is 0 Å². The Hall–Kier alpha value is -0.610. The number of aliphatic hydroxyl groups excluding tert-OH is 1. The van der Waals surface area contributed by atoms with Crippen LogP contribution in [-0.2, 0) is 18.3 Å². The van der Waals surface area contributed by atoms with Gasteiger partial charge in [0.2, 0.25) is 9.05 Å². The highest BCUT2D eigenvalue weighted by molar-refractivity contribution is 8.13. The van der Waals surface area contributed by atoms with Crippen LogP contribution in [0.3, 0.4) is 0 Å². The quantitative estimate of drug-likeness (QED) is 0.00808. The van der Waals surface area contributed by atoms with Gasteiger partial charge >= 0.3 is 0 Å². The number of nitroso groups, excluding NO2 is 1. The van der Waals surface area contributed by atoms with Crippen molar-refractivity contribution in [3.63, 3.8) is 0 Å². The van der Waals surface area contributed by atoms with Crippen molar-refractivity contribution in [1.29, 1.82) is 0 Å². The van der Waals surface area contributed by atoms with Gasteiger partial charge < -0.3 is 14.9 Å². The number of unbranched alkanes of at least 4 members (excludes halogenated alkanes) is 17.